The molecule has 1 nitrogen and oxygen atoms in total. The summed E-state index contributed by atoms with van der Waals surface area (Å²) >= 11 is 0. The van der Waals surface area contributed by atoms with Gasteiger partial charge in [-0.3, -0.25) is 0 Å². The highest BCUT2D eigenvalue weighted by Crippen LogP contribution is 2.25. The Labute approximate surface area is 80.5 Å². The lowest BCUT2D eigenvalue weighted by Gasteiger charge is -2.18. The summed E-state index contributed by atoms with van der Waals surface area (Å²) in [6, 6.07) is 8.48. The van der Waals surface area contributed by atoms with Gasteiger partial charge in [-0.05, 0) is 5.56 Å². The first-order valence-electron chi connectivity index (χ1n) is 4.17. The summed E-state index contributed by atoms with van der Waals surface area (Å²) in [6.45, 7) is 0. The van der Waals surface area contributed by atoms with E-state index in [1.807, 2.05) is 0 Å². The molecule has 1 aromatic carbocycles. The monoisotopic (exact) mass is 204 g/mol. The molecule has 0 aromatic heterocycles. The Hall–Kier alpha value is -1.03. The molecule has 0 spiro atoms. The van der Waals surface area contributed by atoms with Crippen LogP contribution in [0.25, 0.3) is 0 Å². The largest absolute Gasteiger partial charge is 0.414 e. The predicted octanol–water partition coefficient (Wildman–Crippen LogP) is 2.81. The van der Waals surface area contributed by atoms with E-state index in [-0.39, 0.29) is 6.42 Å². The van der Waals surface area contributed by atoms with Crippen LogP contribution in [-0.2, 0) is 11.2 Å². The second-order valence-corrected chi connectivity index (χ2v) is 2.96. The molecule has 0 aliphatic heterocycles. The molecule has 0 amide bonds. The van der Waals surface area contributed by atoms with E-state index in [2.05, 4.69) is 4.74 Å². The molecule has 0 saturated carbocycles. The molecule has 0 radical (unpaired) electrons. The molecule has 0 saturated heterocycles. The van der Waals surface area contributed by atoms with Crippen molar-refractivity contribution in [3.63, 3.8) is 0 Å². The summed E-state index contributed by atoms with van der Waals surface area (Å²) in [5.41, 5.74) is 0.622. The molecule has 0 aliphatic carbocycles. The topological polar surface area (TPSA) is 9.23 Å². The smallest absolute Gasteiger partial charge is 0.372 e. The van der Waals surface area contributed by atoms with Crippen LogP contribution in [0.5, 0.6) is 0 Å². The van der Waals surface area contributed by atoms with Gasteiger partial charge in [0.15, 0.2) is 6.10 Å². The normalized spacial score (nSPS) is 14.0. The third-order valence-corrected chi connectivity index (χ3v) is 1.91. The third kappa shape index (κ3) is 3.03. The fourth-order valence-corrected chi connectivity index (χ4v) is 1.16. The summed E-state index contributed by atoms with van der Waals surface area (Å²) in [7, 11) is 1.07. The van der Waals surface area contributed by atoms with E-state index in [9.17, 15) is 13.2 Å². The van der Waals surface area contributed by atoms with E-state index >= 15 is 0 Å². The maximum absolute atomic E-state index is 12.3. The Kier molecular flexibility index (Phi) is 3.52. The average molecular weight is 204 g/mol. The van der Waals surface area contributed by atoms with Gasteiger partial charge in [-0.15, -0.1) is 0 Å². The molecule has 1 atom stereocenters. The summed E-state index contributed by atoms with van der Waals surface area (Å²) in [6.07, 6.45) is -6.16. The van der Waals surface area contributed by atoms with E-state index in [0.29, 0.717) is 5.56 Å². The molecule has 14 heavy (non-hydrogen) atoms. The lowest BCUT2D eigenvalue weighted by atomic mass is 10.1. The van der Waals surface area contributed by atoms with Gasteiger partial charge < -0.3 is 4.74 Å². The molecule has 1 unspecified atom stereocenters. The fraction of sp³-hybridized carbons (Fsp3) is 0.400. The minimum absolute atomic E-state index is 0.138. The van der Waals surface area contributed by atoms with Crippen molar-refractivity contribution >= 4 is 0 Å². The zero-order valence-corrected chi connectivity index (χ0v) is 7.71. The number of benzene rings is 1. The maximum Gasteiger partial charge on any atom is 0.414 e. The molecule has 0 aliphatic rings. The molecule has 78 valence electrons. The van der Waals surface area contributed by atoms with Crippen LogP contribution in [0.4, 0.5) is 13.2 Å². The second-order valence-electron chi connectivity index (χ2n) is 2.96. The Bertz CT molecular complexity index is 268. The fourth-order valence-electron chi connectivity index (χ4n) is 1.16. The van der Waals surface area contributed by atoms with E-state index in [1.54, 1.807) is 30.3 Å². The number of halogens is 3. The minimum Gasteiger partial charge on any atom is -0.372 e. The molecule has 0 fully saturated rings. The summed E-state index contributed by atoms with van der Waals surface area (Å²) in [4.78, 5) is 0. The van der Waals surface area contributed by atoms with Crippen molar-refractivity contribution in [2.24, 2.45) is 0 Å². The lowest BCUT2D eigenvalue weighted by molar-refractivity contribution is -0.212. The summed E-state index contributed by atoms with van der Waals surface area (Å²) in [5.74, 6) is 0. The zero-order chi connectivity index (χ0) is 10.6. The number of hydrogen-bond acceptors (Lipinski definition) is 1. The standard InChI is InChI=1S/C10H11F3O/c1-14-9(10(11,12)13)7-8-5-3-2-4-6-8/h2-6,9H,7H2,1H3. The third-order valence-electron chi connectivity index (χ3n) is 1.91. The molecular formula is C10H11F3O. The van der Waals surface area contributed by atoms with Crippen LogP contribution in [0.3, 0.4) is 0 Å². The van der Waals surface area contributed by atoms with E-state index < -0.39 is 12.3 Å². The van der Waals surface area contributed by atoms with E-state index in [4.69, 9.17) is 0 Å². The van der Waals surface area contributed by atoms with Gasteiger partial charge >= 0.3 is 6.18 Å². The molecular weight excluding hydrogens is 193 g/mol. The minimum atomic E-state index is -4.30. The van der Waals surface area contributed by atoms with Crippen LogP contribution >= 0.6 is 0 Å². The number of methoxy groups -OCH3 is 1. The van der Waals surface area contributed by atoms with Crippen LogP contribution in [0.2, 0.25) is 0 Å². The Morgan fingerprint density at radius 2 is 1.79 bits per heavy atom. The number of alkyl halides is 3. The van der Waals surface area contributed by atoms with Gasteiger partial charge in [0.2, 0.25) is 0 Å². The quantitative estimate of drug-likeness (QED) is 0.735. The first-order valence-corrected chi connectivity index (χ1v) is 4.17. The molecule has 0 heterocycles. The molecule has 0 N–H and O–H groups in total. The Morgan fingerprint density at radius 1 is 1.21 bits per heavy atom. The van der Waals surface area contributed by atoms with Crippen molar-refractivity contribution < 1.29 is 17.9 Å². The SMILES string of the molecule is COC(Cc1ccccc1)C(F)(F)F. The van der Waals surface area contributed by atoms with Crippen LogP contribution in [0, 0.1) is 0 Å². The zero-order valence-electron chi connectivity index (χ0n) is 7.71. The van der Waals surface area contributed by atoms with Crippen molar-refractivity contribution in [2.45, 2.75) is 18.7 Å². The second kappa shape index (κ2) is 4.46. The highest BCUT2D eigenvalue weighted by atomic mass is 19.4. The van der Waals surface area contributed by atoms with Crippen molar-refractivity contribution in [3.8, 4) is 0 Å². The van der Waals surface area contributed by atoms with Gasteiger partial charge in [0.25, 0.3) is 0 Å². The van der Waals surface area contributed by atoms with Crippen LogP contribution in [0.15, 0.2) is 30.3 Å². The Morgan fingerprint density at radius 3 is 2.21 bits per heavy atom. The van der Waals surface area contributed by atoms with Gasteiger partial charge in [-0.1, -0.05) is 30.3 Å². The number of rotatable bonds is 3. The average Bonchev–Trinajstić information content (AvgIpc) is 2.14. The number of hydrogen-bond donors (Lipinski definition) is 0. The van der Waals surface area contributed by atoms with Gasteiger partial charge in [-0.2, -0.15) is 13.2 Å². The highest BCUT2D eigenvalue weighted by molar-refractivity contribution is 5.15. The molecule has 0 bridgehead atoms. The van der Waals surface area contributed by atoms with Crippen LogP contribution in [0.1, 0.15) is 5.56 Å². The van der Waals surface area contributed by atoms with Crippen molar-refractivity contribution in [1.29, 1.82) is 0 Å². The van der Waals surface area contributed by atoms with E-state index in [1.165, 1.54) is 0 Å². The first-order chi connectivity index (χ1) is 6.54. The molecule has 4 heteroatoms. The van der Waals surface area contributed by atoms with Crippen molar-refractivity contribution in [1.82, 2.24) is 0 Å². The van der Waals surface area contributed by atoms with Crippen molar-refractivity contribution in [3.05, 3.63) is 35.9 Å². The predicted molar refractivity (Wildman–Crippen MR) is 47.0 cm³/mol. The summed E-state index contributed by atoms with van der Waals surface area (Å²) < 4.78 is 41.2. The van der Waals surface area contributed by atoms with Crippen molar-refractivity contribution in [2.75, 3.05) is 7.11 Å². The number of ether oxygens (including phenoxy) is 1. The highest BCUT2D eigenvalue weighted by Gasteiger charge is 2.39. The van der Waals surface area contributed by atoms with Crippen LogP contribution in [-0.4, -0.2) is 19.4 Å². The van der Waals surface area contributed by atoms with Gasteiger partial charge in [0, 0.05) is 13.5 Å². The lowest BCUT2D eigenvalue weighted by Crippen LogP contribution is -2.32. The summed E-state index contributed by atoms with van der Waals surface area (Å²) in [5, 5.41) is 0. The Balaban J connectivity index is 2.67. The maximum atomic E-state index is 12.3. The first kappa shape index (κ1) is 11.0. The van der Waals surface area contributed by atoms with Gasteiger partial charge in [0.05, 0.1) is 0 Å². The van der Waals surface area contributed by atoms with Crippen LogP contribution < -0.4 is 0 Å². The molecule has 1 rings (SSSR count). The van der Waals surface area contributed by atoms with E-state index in [0.717, 1.165) is 7.11 Å². The van der Waals surface area contributed by atoms with Gasteiger partial charge in [-0.25, -0.2) is 0 Å². The van der Waals surface area contributed by atoms with Gasteiger partial charge in [0.1, 0.15) is 0 Å². The molecule has 1 aromatic rings.